The lowest BCUT2D eigenvalue weighted by molar-refractivity contribution is 0.567. The number of pyridine rings is 1. The maximum Gasteiger partial charge on any atom is 0.274 e. The third-order valence-electron chi connectivity index (χ3n) is 3.90. The van der Waals surface area contributed by atoms with E-state index >= 15 is 0 Å². The number of nitrogens with one attached hydrogen (secondary N) is 2. The molecular weight excluding hydrogens is 346 g/mol. The average Bonchev–Trinajstić information content (AvgIpc) is 3.00. The third-order valence-corrected chi connectivity index (χ3v) is 3.90. The molecule has 3 heterocycles. The Balaban J connectivity index is 2.19. The highest BCUT2D eigenvalue weighted by atomic mass is 19.1. The molecule has 0 atom stereocenters. The van der Waals surface area contributed by atoms with Crippen molar-refractivity contribution in [3.05, 3.63) is 69.1 Å². The molecule has 0 radical (unpaired) electrons. The first-order valence-corrected chi connectivity index (χ1v) is 7.36. The molecule has 26 heavy (non-hydrogen) atoms. The number of rotatable bonds is 2. The van der Waals surface area contributed by atoms with Crippen LogP contribution in [0.2, 0.25) is 0 Å². The molecule has 0 aliphatic rings. The summed E-state index contributed by atoms with van der Waals surface area (Å²) in [6, 6.07) is 3.20. The number of anilines is 1. The molecule has 0 amide bonds. The van der Waals surface area contributed by atoms with Gasteiger partial charge >= 0.3 is 0 Å². The molecule has 0 aliphatic carbocycles. The number of nitrogens with zero attached hydrogens (tertiary/aromatic N) is 3. The van der Waals surface area contributed by atoms with Crippen LogP contribution in [0.4, 0.5) is 14.6 Å². The molecule has 0 fully saturated rings. The van der Waals surface area contributed by atoms with Gasteiger partial charge in [-0.2, -0.15) is 5.10 Å². The minimum atomic E-state index is -0.950. The Labute approximate surface area is 142 Å². The normalized spacial score (nSPS) is 11.2. The summed E-state index contributed by atoms with van der Waals surface area (Å²) in [6.07, 6.45) is 3.79. The van der Waals surface area contributed by atoms with Gasteiger partial charge in [0.2, 0.25) is 0 Å². The van der Waals surface area contributed by atoms with Gasteiger partial charge in [-0.3, -0.25) is 19.3 Å². The SMILES string of the molecule is Nc1n[nH]c2c(-c3ncc[nH]c3=O)cn(-c3c(F)cccc3F)c(=O)c12. The standard InChI is InChI=1S/C16H10F2N6O2/c17-8-2-1-3-9(18)13(8)24-6-7(12-15(25)21-5-4-20-12)11-10(16(24)26)14(19)23-22-11/h1-6H,(H,21,25)(H3,19,22,23). The molecule has 3 aromatic heterocycles. The van der Waals surface area contributed by atoms with Crippen LogP contribution in [0.1, 0.15) is 0 Å². The molecule has 0 unspecified atom stereocenters. The molecule has 0 saturated carbocycles. The van der Waals surface area contributed by atoms with Gasteiger partial charge in [0.05, 0.1) is 5.52 Å². The highest BCUT2D eigenvalue weighted by Gasteiger charge is 2.21. The first-order valence-electron chi connectivity index (χ1n) is 7.36. The number of fused-ring (bicyclic) bond motifs is 1. The molecule has 4 aromatic rings. The van der Waals surface area contributed by atoms with E-state index in [-0.39, 0.29) is 28.0 Å². The number of aromatic nitrogens is 5. The third kappa shape index (κ3) is 2.19. The fourth-order valence-electron chi connectivity index (χ4n) is 2.75. The van der Waals surface area contributed by atoms with Crippen LogP contribution in [0, 0.1) is 11.6 Å². The number of nitrogens with two attached hydrogens (primary N) is 1. The highest BCUT2D eigenvalue weighted by Crippen LogP contribution is 2.26. The smallest absolute Gasteiger partial charge is 0.274 e. The second-order valence-electron chi connectivity index (χ2n) is 5.41. The molecule has 130 valence electrons. The molecule has 8 nitrogen and oxygen atoms in total. The highest BCUT2D eigenvalue weighted by molar-refractivity contribution is 5.97. The number of aromatic amines is 2. The van der Waals surface area contributed by atoms with Gasteiger partial charge < -0.3 is 10.7 Å². The molecule has 4 N–H and O–H groups in total. The van der Waals surface area contributed by atoms with E-state index in [4.69, 9.17) is 5.73 Å². The van der Waals surface area contributed by atoms with Crippen molar-refractivity contribution in [3.8, 4) is 16.9 Å². The average molecular weight is 356 g/mol. The molecule has 0 aliphatic heterocycles. The zero-order valence-corrected chi connectivity index (χ0v) is 13.0. The Kier molecular flexibility index (Phi) is 3.39. The lowest BCUT2D eigenvalue weighted by Crippen LogP contribution is -2.22. The second kappa shape index (κ2) is 5.62. The molecular formula is C16H10F2N6O2. The summed E-state index contributed by atoms with van der Waals surface area (Å²) >= 11 is 0. The maximum atomic E-state index is 14.2. The van der Waals surface area contributed by atoms with Gasteiger partial charge in [0, 0.05) is 24.2 Å². The van der Waals surface area contributed by atoms with E-state index in [1.165, 1.54) is 18.5 Å². The predicted octanol–water partition coefficient (Wildman–Crippen LogP) is 1.32. The molecule has 1 aromatic carbocycles. The van der Waals surface area contributed by atoms with Crippen molar-refractivity contribution >= 4 is 16.7 Å². The Hall–Kier alpha value is -3.82. The van der Waals surface area contributed by atoms with E-state index in [1.807, 2.05) is 0 Å². The first-order chi connectivity index (χ1) is 12.5. The summed E-state index contributed by atoms with van der Waals surface area (Å²) in [6.45, 7) is 0. The van der Waals surface area contributed by atoms with Crippen molar-refractivity contribution in [2.24, 2.45) is 0 Å². The van der Waals surface area contributed by atoms with Crippen LogP contribution < -0.4 is 16.9 Å². The van der Waals surface area contributed by atoms with Crippen molar-refractivity contribution in [1.29, 1.82) is 0 Å². The number of nitrogen functional groups attached to an aromatic ring is 1. The maximum absolute atomic E-state index is 14.2. The van der Waals surface area contributed by atoms with Crippen molar-refractivity contribution in [1.82, 2.24) is 24.7 Å². The second-order valence-corrected chi connectivity index (χ2v) is 5.41. The Morgan fingerprint density at radius 3 is 2.58 bits per heavy atom. The van der Waals surface area contributed by atoms with Crippen LogP contribution in [0.5, 0.6) is 0 Å². The minimum Gasteiger partial charge on any atom is -0.382 e. The Morgan fingerprint density at radius 1 is 1.15 bits per heavy atom. The number of benzene rings is 1. The van der Waals surface area contributed by atoms with Gasteiger partial charge in [-0.25, -0.2) is 13.8 Å². The number of hydrogen-bond acceptors (Lipinski definition) is 5. The van der Waals surface area contributed by atoms with Crippen molar-refractivity contribution in [3.63, 3.8) is 0 Å². The van der Waals surface area contributed by atoms with Gasteiger partial charge in [-0.05, 0) is 12.1 Å². The molecule has 0 spiro atoms. The minimum absolute atomic E-state index is 0.0633. The van der Waals surface area contributed by atoms with Gasteiger partial charge in [0.1, 0.15) is 28.4 Å². The Bertz CT molecular complexity index is 1250. The first kappa shape index (κ1) is 15.7. The molecule has 0 saturated heterocycles. The van der Waals surface area contributed by atoms with Crippen LogP contribution in [0.3, 0.4) is 0 Å². The number of hydrogen-bond donors (Lipinski definition) is 3. The molecule has 4 rings (SSSR count). The van der Waals surface area contributed by atoms with Crippen LogP contribution in [-0.4, -0.2) is 24.7 Å². The summed E-state index contributed by atoms with van der Waals surface area (Å²) in [5.74, 6) is -2.06. The summed E-state index contributed by atoms with van der Waals surface area (Å²) in [5, 5.41) is 6.22. The summed E-state index contributed by atoms with van der Waals surface area (Å²) in [5.41, 5.74) is 4.00. The van der Waals surface area contributed by atoms with Crippen LogP contribution in [0.25, 0.3) is 27.8 Å². The number of halogens is 2. The van der Waals surface area contributed by atoms with E-state index in [2.05, 4.69) is 20.2 Å². The summed E-state index contributed by atoms with van der Waals surface area (Å²) in [7, 11) is 0. The zero-order chi connectivity index (χ0) is 18.4. The summed E-state index contributed by atoms with van der Waals surface area (Å²) in [4.78, 5) is 31.3. The molecule has 0 bridgehead atoms. The number of H-pyrrole nitrogens is 2. The van der Waals surface area contributed by atoms with Gasteiger partial charge in [0.15, 0.2) is 5.82 Å². The molecule has 10 heteroatoms. The van der Waals surface area contributed by atoms with Gasteiger partial charge in [-0.1, -0.05) is 6.07 Å². The van der Waals surface area contributed by atoms with E-state index in [1.54, 1.807) is 0 Å². The van der Waals surface area contributed by atoms with E-state index in [0.29, 0.717) is 0 Å². The van der Waals surface area contributed by atoms with Gasteiger partial charge in [0.25, 0.3) is 11.1 Å². The van der Waals surface area contributed by atoms with Crippen molar-refractivity contribution in [2.45, 2.75) is 0 Å². The van der Waals surface area contributed by atoms with E-state index in [0.717, 1.165) is 22.9 Å². The van der Waals surface area contributed by atoms with Crippen LogP contribution in [0.15, 0.2) is 46.4 Å². The van der Waals surface area contributed by atoms with Crippen molar-refractivity contribution < 1.29 is 8.78 Å². The topological polar surface area (TPSA) is 122 Å². The van der Waals surface area contributed by atoms with E-state index in [9.17, 15) is 18.4 Å². The zero-order valence-electron chi connectivity index (χ0n) is 13.0. The summed E-state index contributed by atoms with van der Waals surface area (Å²) < 4.78 is 29.2. The van der Waals surface area contributed by atoms with Crippen LogP contribution >= 0.6 is 0 Å². The fourth-order valence-corrected chi connectivity index (χ4v) is 2.75. The predicted molar refractivity (Wildman–Crippen MR) is 89.9 cm³/mol. The largest absolute Gasteiger partial charge is 0.382 e. The fraction of sp³-hybridized carbons (Fsp3) is 0. The Morgan fingerprint density at radius 2 is 1.88 bits per heavy atom. The van der Waals surface area contributed by atoms with Crippen molar-refractivity contribution in [2.75, 3.05) is 5.73 Å². The van der Waals surface area contributed by atoms with E-state index < -0.39 is 28.4 Å². The quantitative estimate of drug-likeness (QED) is 0.500. The number of para-hydroxylation sites is 1. The lowest BCUT2D eigenvalue weighted by atomic mass is 10.1. The lowest BCUT2D eigenvalue weighted by Gasteiger charge is -2.11. The monoisotopic (exact) mass is 356 g/mol. The van der Waals surface area contributed by atoms with Gasteiger partial charge in [-0.15, -0.1) is 0 Å². The van der Waals surface area contributed by atoms with Crippen LogP contribution in [-0.2, 0) is 0 Å².